The van der Waals surface area contributed by atoms with Crippen LogP contribution in [0.3, 0.4) is 0 Å². The highest BCUT2D eigenvalue weighted by atomic mass is 16.3. The molecule has 1 fully saturated rings. The van der Waals surface area contributed by atoms with Gasteiger partial charge in [0.15, 0.2) is 0 Å². The van der Waals surface area contributed by atoms with E-state index in [4.69, 9.17) is 4.42 Å². The zero-order valence-corrected chi connectivity index (χ0v) is 9.05. The van der Waals surface area contributed by atoms with E-state index < -0.39 is 0 Å². The lowest BCUT2D eigenvalue weighted by atomic mass is 9.94. The van der Waals surface area contributed by atoms with Crippen molar-refractivity contribution in [2.75, 3.05) is 7.05 Å². The van der Waals surface area contributed by atoms with Gasteiger partial charge in [0.1, 0.15) is 5.76 Å². The van der Waals surface area contributed by atoms with Crippen LogP contribution in [0.25, 0.3) is 0 Å². The van der Waals surface area contributed by atoms with Gasteiger partial charge in [-0.1, -0.05) is 12.8 Å². The third-order valence-corrected chi connectivity index (χ3v) is 3.37. The van der Waals surface area contributed by atoms with Crippen LogP contribution in [-0.4, -0.2) is 7.05 Å². The lowest BCUT2D eigenvalue weighted by molar-refractivity contribution is 0.327. The summed E-state index contributed by atoms with van der Waals surface area (Å²) in [6.07, 6.45) is 7.23. The molecule has 0 spiro atoms. The summed E-state index contributed by atoms with van der Waals surface area (Å²) in [6.45, 7) is 2.12. The van der Waals surface area contributed by atoms with E-state index in [1.54, 1.807) is 6.26 Å². The van der Waals surface area contributed by atoms with Crippen LogP contribution < -0.4 is 5.32 Å². The molecule has 1 aromatic rings. The van der Waals surface area contributed by atoms with Crippen LogP contribution in [0.5, 0.6) is 0 Å². The predicted octanol–water partition coefficient (Wildman–Crippen LogP) is 3.04. The van der Waals surface area contributed by atoms with Crippen LogP contribution in [-0.2, 0) is 0 Å². The molecule has 0 bridgehead atoms. The van der Waals surface area contributed by atoms with Gasteiger partial charge in [-0.2, -0.15) is 0 Å². The average molecular weight is 193 g/mol. The fourth-order valence-corrected chi connectivity index (χ4v) is 2.57. The number of hydrogen-bond donors (Lipinski definition) is 1. The zero-order chi connectivity index (χ0) is 9.97. The standard InChI is InChI=1S/C12H19NO/c1-9-7-8-14-12(9)11(13-2)10-5-3-4-6-10/h7-8,10-11,13H,3-6H2,1-2H3. The Morgan fingerprint density at radius 2 is 2.14 bits per heavy atom. The van der Waals surface area contributed by atoms with Gasteiger partial charge in [-0.15, -0.1) is 0 Å². The minimum atomic E-state index is 0.424. The molecular formula is C12H19NO. The summed E-state index contributed by atoms with van der Waals surface area (Å²) in [6, 6.07) is 2.47. The zero-order valence-electron chi connectivity index (χ0n) is 9.05. The van der Waals surface area contributed by atoms with E-state index in [1.165, 1.54) is 31.2 Å². The molecule has 0 radical (unpaired) electrons. The summed E-state index contributed by atoms with van der Waals surface area (Å²) in [5.74, 6) is 1.91. The number of furan rings is 1. The minimum Gasteiger partial charge on any atom is -0.467 e. The first-order chi connectivity index (χ1) is 6.83. The summed E-state index contributed by atoms with van der Waals surface area (Å²) in [5, 5.41) is 3.39. The van der Waals surface area contributed by atoms with Crippen molar-refractivity contribution in [2.24, 2.45) is 5.92 Å². The van der Waals surface area contributed by atoms with Crippen LogP contribution in [0.1, 0.15) is 43.0 Å². The monoisotopic (exact) mass is 193 g/mol. The van der Waals surface area contributed by atoms with E-state index in [2.05, 4.69) is 18.3 Å². The Morgan fingerprint density at radius 3 is 2.64 bits per heavy atom. The molecule has 1 heterocycles. The van der Waals surface area contributed by atoms with Gasteiger partial charge >= 0.3 is 0 Å². The molecule has 1 unspecified atom stereocenters. The smallest absolute Gasteiger partial charge is 0.123 e. The molecule has 0 aliphatic heterocycles. The Morgan fingerprint density at radius 1 is 1.43 bits per heavy atom. The van der Waals surface area contributed by atoms with Crippen LogP contribution in [0, 0.1) is 12.8 Å². The second-order valence-electron chi connectivity index (χ2n) is 4.28. The Balaban J connectivity index is 2.16. The minimum absolute atomic E-state index is 0.424. The fraction of sp³-hybridized carbons (Fsp3) is 0.667. The molecule has 0 aromatic carbocycles. The third kappa shape index (κ3) is 1.71. The maximum absolute atomic E-state index is 5.57. The fourth-order valence-electron chi connectivity index (χ4n) is 2.57. The van der Waals surface area contributed by atoms with E-state index >= 15 is 0 Å². The van der Waals surface area contributed by atoms with E-state index in [0.29, 0.717) is 6.04 Å². The highest BCUT2D eigenvalue weighted by Crippen LogP contribution is 2.36. The first-order valence-corrected chi connectivity index (χ1v) is 5.54. The lowest BCUT2D eigenvalue weighted by Gasteiger charge is -2.21. The molecule has 1 aromatic heterocycles. The van der Waals surface area contributed by atoms with Crippen LogP contribution in [0.15, 0.2) is 16.7 Å². The van der Waals surface area contributed by atoms with Crippen molar-refractivity contribution >= 4 is 0 Å². The summed E-state index contributed by atoms with van der Waals surface area (Å²) in [7, 11) is 2.03. The quantitative estimate of drug-likeness (QED) is 0.798. The highest BCUT2D eigenvalue weighted by Gasteiger charge is 2.27. The van der Waals surface area contributed by atoms with Crippen molar-refractivity contribution < 1.29 is 4.42 Å². The molecular weight excluding hydrogens is 174 g/mol. The molecule has 2 rings (SSSR count). The summed E-state index contributed by atoms with van der Waals surface area (Å²) >= 11 is 0. The van der Waals surface area contributed by atoms with Crippen LogP contribution in [0.4, 0.5) is 0 Å². The molecule has 14 heavy (non-hydrogen) atoms. The van der Waals surface area contributed by atoms with Crippen molar-refractivity contribution in [3.63, 3.8) is 0 Å². The van der Waals surface area contributed by atoms with Gasteiger partial charge in [-0.3, -0.25) is 0 Å². The first kappa shape index (κ1) is 9.78. The normalized spacial score (nSPS) is 20.1. The van der Waals surface area contributed by atoms with Crippen molar-refractivity contribution in [3.8, 4) is 0 Å². The molecule has 1 saturated carbocycles. The topological polar surface area (TPSA) is 25.2 Å². The second-order valence-corrected chi connectivity index (χ2v) is 4.28. The number of rotatable bonds is 3. The molecule has 1 N–H and O–H groups in total. The van der Waals surface area contributed by atoms with E-state index in [-0.39, 0.29) is 0 Å². The third-order valence-electron chi connectivity index (χ3n) is 3.37. The molecule has 1 aliphatic carbocycles. The molecule has 78 valence electrons. The molecule has 1 atom stereocenters. The second kappa shape index (κ2) is 4.18. The summed E-state index contributed by atoms with van der Waals surface area (Å²) < 4.78 is 5.57. The van der Waals surface area contributed by atoms with Crippen molar-refractivity contribution in [2.45, 2.75) is 38.6 Å². The molecule has 0 saturated heterocycles. The lowest BCUT2D eigenvalue weighted by Crippen LogP contribution is -2.23. The molecule has 1 aliphatic rings. The summed E-state index contributed by atoms with van der Waals surface area (Å²) in [4.78, 5) is 0. The van der Waals surface area contributed by atoms with Gasteiger partial charge in [0.2, 0.25) is 0 Å². The predicted molar refractivity (Wildman–Crippen MR) is 57.2 cm³/mol. The molecule has 2 nitrogen and oxygen atoms in total. The van der Waals surface area contributed by atoms with Gasteiger partial charge in [0.05, 0.1) is 12.3 Å². The molecule has 2 heteroatoms. The summed E-state index contributed by atoms with van der Waals surface area (Å²) in [5.41, 5.74) is 1.27. The van der Waals surface area contributed by atoms with E-state index in [9.17, 15) is 0 Å². The maximum Gasteiger partial charge on any atom is 0.123 e. The van der Waals surface area contributed by atoms with Gasteiger partial charge in [-0.25, -0.2) is 0 Å². The van der Waals surface area contributed by atoms with Gasteiger partial charge in [0, 0.05) is 0 Å². The number of hydrogen-bond acceptors (Lipinski definition) is 2. The number of aryl methyl sites for hydroxylation is 1. The van der Waals surface area contributed by atoms with Gasteiger partial charge < -0.3 is 9.73 Å². The molecule has 0 amide bonds. The van der Waals surface area contributed by atoms with Crippen molar-refractivity contribution in [1.82, 2.24) is 5.32 Å². The largest absolute Gasteiger partial charge is 0.467 e. The SMILES string of the molecule is CNC(c1occc1C)C1CCCC1. The maximum atomic E-state index is 5.57. The van der Waals surface area contributed by atoms with Crippen molar-refractivity contribution in [1.29, 1.82) is 0 Å². The van der Waals surface area contributed by atoms with E-state index in [0.717, 1.165) is 11.7 Å². The van der Waals surface area contributed by atoms with Crippen molar-refractivity contribution in [3.05, 3.63) is 23.7 Å². The Hall–Kier alpha value is -0.760. The highest BCUT2D eigenvalue weighted by molar-refractivity contribution is 5.19. The van der Waals surface area contributed by atoms with Gasteiger partial charge in [0.25, 0.3) is 0 Å². The Bertz CT molecular complexity index is 286. The average Bonchev–Trinajstić information content (AvgIpc) is 2.80. The van der Waals surface area contributed by atoms with Crippen LogP contribution in [0.2, 0.25) is 0 Å². The number of nitrogens with one attached hydrogen (secondary N) is 1. The Labute approximate surface area is 85.7 Å². The van der Waals surface area contributed by atoms with E-state index in [1.807, 2.05) is 7.05 Å². The van der Waals surface area contributed by atoms with Crippen LogP contribution >= 0.6 is 0 Å². The first-order valence-electron chi connectivity index (χ1n) is 5.54. The Kier molecular flexibility index (Phi) is 2.92. The van der Waals surface area contributed by atoms with Gasteiger partial charge in [-0.05, 0) is 44.4 Å².